The first-order valence-corrected chi connectivity index (χ1v) is 5.92. The number of nitrogens with two attached hydrogens (primary N) is 1. The Morgan fingerprint density at radius 3 is 2.82 bits per heavy atom. The van der Waals surface area contributed by atoms with Crippen LogP contribution in [0.1, 0.15) is 12.5 Å². The molecule has 0 bridgehead atoms. The van der Waals surface area contributed by atoms with Crippen molar-refractivity contribution in [3.05, 3.63) is 28.8 Å². The highest BCUT2D eigenvalue weighted by molar-refractivity contribution is 6.31. The number of ether oxygens (including phenoxy) is 2. The summed E-state index contributed by atoms with van der Waals surface area (Å²) >= 11 is 5.98. The molecular formula is C12H18ClNO3. The Hall–Kier alpha value is -0.810. The van der Waals surface area contributed by atoms with Crippen LogP contribution in [0.3, 0.4) is 0 Å². The summed E-state index contributed by atoms with van der Waals surface area (Å²) in [5.41, 5.74) is 6.33. The van der Waals surface area contributed by atoms with Crippen LogP contribution in [-0.4, -0.2) is 31.0 Å². The highest BCUT2D eigenvalue weighted by Gasteiger charge is 2.09. The molecule has 1 rings (SSSR count). The van der Waals surface area contributed by atoms with Gasteiger partial charge in [-0.1, -0.05) is 17.7 Å². The Bertz CT molecular complexity index is 347. The van der Waals surface area contributed by atoms with Crippen LogP contribution >= 0.6 is 11.6 Å². The molecule has 0 aliphatic heterocycles. The van der Waals surface area contributed by atoms with E-state index in [1.54, 1.807) is 18.2 Å². The van der Waals surface area contributed by atoms with Crippen LogP contribution in [0.15, 0.2) is 18.2 Å². The van der Waals surface area contributed by atoms with Crippen LogP contribution in [0.4, 0.5) is 0 Å². The minimum atomic E-state index is -0.653. The van der Waals surface area contributed by atoms with E-state index in [0.717, 1.165) is 5.56 Å². The minimum Gasteiger partial charge on any atom is -0.490 e. The summed E-state index contributed by atoms with van der Waals surface area (Å²) in [6, 6.07) is 5.32. The molecule has 17 heavy (non-hydrogen) atoms. The van der Waals surface area contributed by atoms with Gasteiger partial charge < -0.3 is 20.3 Å². The fourth-order valence-corrected chi connectivity index (χ4v) is 1.60. The molecule has 0 fully saturated rings. The molecule has 0 saturated heterocycles. The smallest absolute Gasteiger partial charge is 0.125 e. The zero-order valence-corrected chi connectivity index (χ0v) is 10.6. The van der Waals surface area contributed by atoms with E-state index in [9.17, 15) is 5.11 Å². The van der Waals surface area contributed by atoms with Gasteiger partial charge >= 0.3 is 0 Å². The maximum Gasteiger partial charge on any atom is 0.125 e. The minimum absolute atomic E-state index is 0.160. The molecule has 0 spiro atoms. The molecule has 3 N–H and O–H groups in total. The van der Waals surface area contributed by atoms with Gasteiger partial charge in [0, 0.05) is 23.7 Å². The molecule has 0 aliphatic rings. The quantitative estimate of drug-likeness (QED) is 0.780. The topological polar surface area (TPSA) is 64.7 Å². The van der Waals surface area contributed by atoms with Crippen LogP contribution in [0.2, 0.25) is 5.02 Å². The van der Waals surface area contributed by atoms with Gasteiger partial charge in [-0.3, -0.25) is 0 Å². The lowest BCUT2D eigenvalue weighted by Crippen LogP contribution is -2.23. The monoisotopic (exact) mass is 259 g/mol. The number of rotatable bonds is 7. The Labute approximate surface area is 106 Å². The van der Waals surface area contributed by atoms with Gasteiger partial charge in [-0.25, -0.2) is 0 Å². The SMILES string of the molecule is CCOCC(O)COc1cccc(Cl)c1CN. The zero-order valence-electron chi connectivity index (χ0n) is 9.86. The number of aliphatic hydroxyl groups excluding tert-OH is 1. The van der Waals surface area contributed by atoms with Gasteiger partial charge in [0.25, 0.3) is 0 Å². The molecule has 0 aliphatic carbocycles. The molecule has 0 amide bonds. The summed E-state index contributed by atoms with van der Waals surface area (Å²) in [4.78, 5) is 0. The third-order valence-corrected chi connectivity index (χ3v) is 2.58. The maximum absolute atomic E-state index is 9.56. The normalized spacial score (nSPS) is 12.5. The average Bonchev–Trinajstić information content (AvgIpc) is 2.33. The predicted octanol–water partition coefficient (Wildman–Crippen LogP) is 1.57. The van der Waals surface area contributed by atoms with Gasteiger partial charge in [-0.05, 0) is 19.1 Å². The van der Waals surface area contributed by atoms with Crippen LogP contribution < -0.4 is 10.5 Å². The third-order valence-electron chi connectivity index (χ3n) is 2.23. The molecule has 4 nitrogen and oxygen atoms in total. The van der Waals surface area contributed by atoms with E-state index in [4.69, 9.17) is 26.8 Å². The number of hydrogen-bond donors (Lipinski definition) is 2. The molecule has 0 radical (unpaired) electrons. The lowest BCUT2D eigenvalue weighted by atomic mass is 10.2. The van der Waals surface area contributed by atoms with E-state index in [2.05, 4.69) is 0 Å². The zero-order chi connectivity index (χ0) is 12.7. The second kappa shape index (κ2) is 7.50. The van der Waals surface area contributed by atoms with Crippen molar-refractivity contribution in [3.63, 3.8) is 0 Å². The summed E-state index contributed by atoms with van der Waals surface area (Å²) in [5.74, 6) is 0.607. The van der Waals surface area contributed by atoms with Crippen molar-refractivity contribution < 1.29 is 14.6 Å². The second-order valence-electron chi connectivity index (χ2n) is 3.54. The molecular weight excluding hydrogens is 242 g/mol. The molecule has 0 aromatic heterocycles. The lowest BCUT2D eigenvalue weighted by molar-refractivity contribution is 0.0162. The van der Waals surface area contributed by atoms with E-state index in [1.807, 2.05) is 6.92 Å². The van der Waals surface area contributed by atoms with E-state index >= 15 is 0 Å². The van der Waals surface area contributed by atoms with Crippen molar-refractivity contribution in [3.8, 4) is 5.75 Å². The number of hydrogen-bond acceptors (Lipinski definition) is 4. The van der Waals surface area contributed by atoms with Gasteiger partial charge in [-0.15, -0.1) is 0 Å². The molecule has 0 heterocycles. The van der Waals surface area contributed by atoms with Crippen LogP contribution in [0.5, 0.6) is 5.75 Å². The fraction of sp³-hybridized carbons (Fsp3) is 0.500. The van der Waals surface area contributed by atoms with Gasteiger partial charge in [0.15, 0.2) is 0 Å². The first kappa shape index (κ1) is 14.3. The number of halogens is 1. The van der Waals surface area contributed by atoms with Crippen LogP contribution in [0.25, 0.3) is 0 Å². The molecule has 1 unspecified atom stereocenters. The summed E-state index contributed by atoms with van der Waals surface area (Å²) in [5, 5.41) is 10.1. The van der Waals surface area contributed by atoms with Crippen LogP contribution in [-0.2, 0) is 11.3 Å². The Kier molecular flexibility index (Phi) is 6.29. The molecule has 96 valence electrons. The largest absolute Gasteiger partial charge is 0.490 e. The number of benzene rings is 1. The van der Waals surface area contributed by atoms with Crippen LogP contribution in [0, 0.1) is 0 Å². The third kappa shape index (κ3) is 4.52. The van der Waals surface area contributed by atoms with E-state index in [1.165, 1.54) is 0 Å². The van der Waals surface area contributed by atoms with Gasteiger partial charge in [0.1, 0.15) is 18.5 Å². The van der Waals surface area contributed by atoms with Gasteiger partial charge in [0.05, 0.1) is 6.61 Å². The van der Waals surface area contributed by atoms with Gasteiger partial charge in [0.2, 0.25) is 0 Å². The Balaban J connectivity index is 2.54. The maximum atomic E-state index is 9.56. The number of aliphatic hydroxyl groups is 1. The van der Waals surface area contributed by atoms with Crippen molar-refractivity contribution in [1.29, 1.82) is 0 Å². The highest BCUT2D eigenvalue weighted by Crippen LogP contribution is 2.25. The Morgan fingerprint density at radius 2 is 2.18 bits per heavy atom. The second-order valence-corrected chi connectivity index (χ2v) is 3.95. The standard InChI is InChI=1S/C12H18ClNO3/c1-2-16-7-9(15)8-17-12-5-3-4-11(13)10(12)6-14/h3-5,9,15H,2,6-8,14H2,1H3. The summed E-state index contributed by atoms with van der Waals surface area (Å²) in [7, 11) is 0. The summed E-state index contributed by atoms with van der Waals surface area (Å²) < 4.78 is 10.6. The Morgan fingerprint density at radius 1 is 1.41 bits per heavy atom. The molecule has 1 aromatic carbocycles. The fourth-order valence-electron chi connectivity index (χ4n) is 1.36. The summed E-state index contributed by atoms with van der Waals surface area (Å²) in [6.45, 7) is 3.16. The first-order valence-electron chi connectivity index (χ1n) is 5.55. The summed E-state index contributed by atoms with van der Waals surface area (Å²) in [6.07, 6.45) is -0.653. The van der Waals surface area contributed by atoms with E-state index in [-0.39, 0.29) is 13.2 Å². The molecule has 5 heteroatoms. The average molecular weight is 260 g/mol. The first-order chi connectivity index (χ1) is 8.19. The highest BCUT2D eigenvalue weighted by atomic mass is 35.5. The van der Waals surface area contributed by atoms with E-state index < -0.39 is 6.10 Å². The van der Waals surface area contributed by atoms with Gasteiger partial charge in [-0.2, -0.15) is 0 Å². The molecule has 1 aromatic rings. The van der Waals surface area contributed by atoms with Crippen molar-refractivity contribution in [2.75, 3.05) is 19.8 Å². The lowest BCUT2D eigenvalue weighted by Gasteiger charge is -2.15. The van der Waals surface area contributed by atoms with Crippen molar-refractivity contribution >= 4 is 11.6 Å². The van der Waals surface area contributed by atoms with Crippen molar-refractivity contribution in [1.82, 2.24) is 0 Å². The van der Waals surface area contributed by atoms with E-state index in [0.29, 0.717) is 23.9 Å². The molecule has 0 saturated carbocycles. The van der Waals surface area contributed by atoms with Crippen molar-refractivity contribution in [2.45, 2.75) is 19.6 Å². The molecule has 1 atom stereocenters. The predicted molar refractivity (Wildman–Crippen MR) is 67.3 cm³/mol. The van der Waals surface area contributed by atoms with Crippen molar-refractivity contribution in [2.24, 2.45) is 5.73 Å².